The number of aliphatic hydroxyl groups excluding tert-OH is 5. The number of hydrogen-bond donors (Lipinski definition) is 5. The third-order valence-corrected chi connectivity index (χ3v) is 5.06. The average Bonchev–Trinajstić information content (AvgIpc) is 2.57. The van der Waals surface area contributed by atoms with Crippen LogP contribution < -0.4 is 0 Å². The molecule has 8 nitrogen and oxygen atoms in total. The minimum absolute atomic E-state index is 0.0471. The molecule has 2 rings (SSSR count). The van der Waals surface area contributed by atoms with E-state index in [0.29, 0.717) is 12.0 Å². The van der Waals surface area contributed by atoms with E-state index in [1.165, 1.54) is 6.08 Å². The molecule has 0 amide bonds. The topological polar surface area (TPSA) is 137 Å². The number of rotatable bonds is 6. The van der Waals surface area contributed by atoms with Gasteiger partial charge in [-0.05, 0) is 24.0 Å². The monoisotopic (exact) mass is 386 g/mol. The van der Waals surface area contributed by atoms with E-state index in [1.54, 1.807) is 13.0 Å². The molecule has 0 radical (unpaired) electrons. The van der Waals surface area contributed by atoms with Crippen molar-refractivity contribution in [3.05, 3.63) is 23.8 Å². The molecule has 27 heavy (non-hydrogen) atoms. The van der Waals surface area contributed by atoms with Gasteiger partial charge in [0.1, 0.15) is 24.4 Å². The van der Waals surface area contributed by atoms with Gasteiger partial charge >= 0.3 is 0 Å². The van der Waals surface area contributed by atoms with Crippen molar-refractivity contribution in [2.24, 2.45) is 11.3 Å². The van der Waals surface area contributed by atoms with Gasteiger partial charge in [-0.25, -0.2) is 0 Å². The summed E-state index contributed by atoms with van der Waals surface area (Å²) < 4.78 is 10.9. The van der Waals surface area contributed by atoms with Crippen LogP contribution in [-0.4, -0.2) is 81.3 Å². The van der Waals surface area contributed by atoms with E-state index in [0.717, 1.165) is 0 Å². The van der Waals surface area contributed by atoms with Gasteiger partial charge < -0.3 is 35.0 Å². The number of carbonyl (C=O) groups excluding carboxylic acids is 1. The highest BCUT2D eigenvalue weighted by Crippen LogP contribution is 2.41. The first-order chi connectivity index (χ1) is 12.6. The van der Waals surface area contributed by atoms with Crippen molar-refractivity contribution in [1.82, 2.24) is 0 Å². The van der Waals surface area contributed by atoms with E-state index in [9.17, 15) is 30.3 Å². The molecule has 0 unspecified atom stereocenters. The highest BCUT2D eigenvalue weighted by molar-refractivity contribution is 5.92. The van der Waals surface area contributed by atoms with Gasteiger partial charge in [-0.2, -0.15) is 0 Å². The third-order valence-electron chi connectivity index (χ3n) is 5.06. The maximum Gasteiger partial charge on any atom is 0.187 e. The Labute approximate surface area is 158 Å². The molecule has 7 atom stereocenters. The van der Waals surface area contributed by atoms with Crippen molar-refractivity contribution in [3.63, 3.8) is 0 Å². The molecule has 0 aromatic carbocycles. The van der Waals surface area contributed by atoms with Crippen LogP contribution in [0.5, 0.6) is 0 Å². The Morgan fingerprint density at radius 1 is 1.30 bits per heavy atom. The third kappa shape index (κ3) is 5.23. The van der Waals surface area contributed by atoms with Crippen LogP contribution in [0.4, 0.5) is 0 Å². The van der Waals surface area contributed by atoms with Crippen LogP contribution in [0.15, 0.2) is 23.8 Å². The highest BCUT2D eigenvalue weighted by Gasteiger charge is 2.44. The molecule has 0 aromatic heterocycles. The van der Waals surface area contributed by atoms with Crippen molar-refractivity contribution >= 4 is 5.78 Å². The smallest absolute Gasteiger partial charge is 0.187 e. The van der Waals surface area contributed by atoms with E-state index in [1.807, 2.05) is 19.9 Å². The first-order valence-electron chi connectivity index (χ1n) is 9.08. The molecule has 0 spiro atoms. The molecular formula is C19H30O8. The van der Waals surface area contributed by atoms with Gasteiger partial charge in [-0.15, -0.1) is 0 Å². The predicted molar refractivity (Wildman–Crippen MR) is 95.5 cm³/mol. The summed E-state index contributed by atoms with van der Waals surface area (Å²) in [6, 6.07) is 0. The Balaban J connectivity index is 2.14. The van der Waals surface area contributed by atoms with Crippen LogP contribution in [0.3, 0.4) is 0 Å². The summed E-state index contributed by atoms with van der Waals surface area (Å²) >= 11 is 0. The molecule has 1 aliphatic heterocycles. The average molecular weight is 386 g/mol. The lowest BCUT2D eigenvalue weighted by Gasteiger charge is -2.41. The number of ether oxygens (including phenoxy) is 2. The van der Waals surface area contributed by atoms with Crippen molar-refractivity contribution in [2.45, 2.75) is 64.0 Å². The molecule has 0 bridgehead atoms. The van der Waals surface area contributed by atoms with Crippen molar-refractivity contribution < 1.29 is 39.8 Å². The molecular weight excluding hydrogens is 356 g/mol. The lowest BCUT2D eigenvalue weighted by molar-refractivity contribution is -0.299. The fourth-order valence-corrected chi connectivity index (χ4v) is 3.58. The van der Waals surface area contributed by atoms with Crippen LogP contribution in [0.1, 0.15) is 27.2 Å². The second kappa shape index (κ2) is 8.91. The second-order valence-electron chi connectivity index (χ2n) is 7.96. The molecule has 1 aliphatic carbocycles. The Bertz CT molecular complexity index is 580. The zero-order chi connectivity index (χ0) is 20.4. The zero-order valence-corrected chi connectivity index (χ0v) is 15.9. The molecule has 0 aromatic rings. The van der Waals surface area contributed by atoms with Crippen LogP contribution in [0, 0.1) is 11.3 Å². The van der Waals surface area contributed by atoms with E-state index in [4.69, 9.17) is 9.47 Å². The highest BCUT2D eigenvalue weighted by atomic mass is 16.7. The maximum absolute atomic E-state index is 12.1. The second-order valence-corrected chi connectivity index (χ2v) is 7.96. The minimum Gasteiger partial charge on any atom is -0.394 e. The summed E-state index contributed by atoms with van der Waals surface area (Å²) in [5.41, 5.74) is 0.274. The number of allylic oxidation sites excluding steroid dienone is 2. The Kier molecular flexibility index (Phi) is 7.32. The molecule has 154 valence electrons. The Morgan fingerprint density at radius 3 is 2.56 bits per heavy atom. The molecule has 2 aliphatic rings. The Hall–Kier alpha value is -1.13. The standard InChI is InChI=1S/C19H30O8/c1-10(21)4-5-13-11(6-12(22)7-19(13,2)3)9-26-18-17(25)16(24)15(23)14(8-20)27-18/h4-6,10,13-18,20-21,23-25H,7-9H2,1-3H3/b5-4+/t10-,13+,14-,15-,16+,17-,18-/m0/s1. The van der Waals surface area contributed by atoms with E-state index < -0.39 is 43.4 Å². The zero-order valence-electron chi connectivity index (χ0n) is 15.9. The van der Waals surface area contributed by atoms with Gasteiger partial charge in [0, 0.05) is 12.3 Å². The summed E-state index contributed by atoms with van der Waals surface area (Å²) in [5.74, 6) is -0.219. The summed E-state index contributed by atoms with van der Waals surface area (Å²) in [6.07, 6.45) is -2.11. The lowest BCUT2D eigenvalue weighted by atomic mass is 9.68. The van der Waals surface area contributed by atoms with E-state index in [2.05, 4.69) is 0 Å². The molecule has 0 saturated carbocycles. The number of hydrogen-bond acceptors (Lipinski definition) is 8. The SMILES string of the molecule is C[C@H](O)/C=C/[C@@H]1C(CO[C@H]2O[C@@H](CO)[C@H](O)[C@@H](O)[C@@H]2O)=CC(=O)CC1(C)C. The normalized spacial score (nSPS) is 38.1. The quantitative estimate of drug-likeness (QED) is 0.377. The van der Waals surface area contributed by atoms with Crippen LogP contribution >= 0.6 is 0 Å². The number of ketones is 1. The van der Waals surface area contributed by atoms with Gasteiger partial charge in [0.05, 0.1) is 19.3 Å². The maximum atomic E-state index is 12.1. The lowest BCUT2D eigenvalue weighted by Crippen LogP contribution is -2.59. The van der Waals surface area contributed by atoms with Crippen molar-refractivity contribution in [2.75, 3.05) is 13.2 Å². The summed E-state index contributed by atoms with van der Waals surface area (Å²) in [6.45, 7) is 4.93. The van der Waals surface area contributed by atoms with E-state index in [-0.39, 0.29) is 23.7 Å². The Morgan fingerprint density at radius 2 is 1.96 bits per heavy atom. The van der Waals surface area contributed by atoms with Crippen LogP contribution in [-0.2, 0) is 14.3 Å². The summed E-state index contributed by atoms with van der Waals surface area (Å²) in [5, 5.41) is 48.5. The first kappa shape index (κ1) is 22.2. The molecule has 5 N–H and O–H groups in total. The van der Waals surface area contributed by atoms with Gasteiger partial charge in [0.15, 0.2) is 12.1 Å². The van der Waals surface area contributed by atoms with Gasteiger partial charge in [0.25, 0.3) is 0 Å². The van der Waals surface area contributed by atoms with Gasteiger partial charge in [-0.3, -0.25) is 4.79 Å². The molecule has 8 heteroatoms. The largest absolute Gasteiger partial charge is 0.394 e. The minimum atomic E-state index is -1.52. The number of aliphatic hydroxyl groups is 5. The first-order valence-corrected chi connectivity index (χ1v) is 9.08. The van der Waals surface area contributed by atoms with Crippen molar-refractivity contribution in [1.29, 1.82) is 0 Å². The number of carbonyl (C=O) groups is 1. The fraction of sp³-hybridized carbons (Fsp3) is 0.737. The van der Waals surface area contributed by atoms with Gasteiger partial charge in [0.2, 0.25) is 0 Å². The van der Waals surface area contributed by atoms with Gasteiger partial charge in [-0.1, -0.05) is 26.0 Å². The van der Waals surface area contributed by atoms with E-state index >= 15 is 0 Å². The fourth-order valence-electron chi connectivity index (χ4n) is 3.58. The molecule has 1 saturated heterocycles. The predicted octanol–water partition coefficient (Wildman–Crippen LogP) is -0.719. The molecule has 1 heterocycles. The van der Waals surface area contributed by atoms with Crippen molar-refractivity contribution in [3.8, 4) is 0 Å². The summed E-state index contributed by atoms with van der Waals surface area (Å²) in [7, 11) is 0. The van der Waals surface area contributed by atoms with Crippen LogP contribution in [0.2, 0.25) is 0 Å². The summed E-state index contributed by atoms with van der Waals surface area (Å²) in [4.78, 5) is 12.1. The van der Waals surface area contributed by atoms with Crippen LogP contribution in [0.25, 0.3) is 0 Å². The molecule has 1 fully saturated rings.